The Bertz CT molecular complexity index is 2670. The molecular formula is C57H96N10O13S2. The first-order valence-electron chi connectivity index (χ1n) is 29.3. The Morgan fingerprint density at radius 3 is 1.40 bits per heavy atom. The second-order valence-electron chi connectivity index (χ2n) is 28.1. The molecule has 23 nitrogen and oxygen atoms in total. The van der Waals surface area contributed by atoms with Gasteiger partial charge in [0.1, 0.15) is 24.2 Å². The number of carbonyl (C=O) groups excluding carboxylic acids is 8. The lowest BCUT2D eigenvalue weighted by molar-refractivity contribution is -0.154. The Labute approximate surface area is 486 Å². The van der Waals surface area contributed by atoms with E-state index in [0.717, 1.165) is 63.9 Å². The molecule has 7 fully saturated rings. The van der Waals surface area contributed by atoms with Gasteiger partial charge in [-0.2, -0.15) is 0 Å². The molecule has 7 rings (SSSR count). The standard InChI is InChI=1S/C33H54N6O7S.C24H42N4O6S/c1-8-16-34-28(42)25(40)22(17-20-12-13-20)36-27(41)24-23-21(32(23,5)6)18-39(24)29(43)26(31(2,3)4)37-30(44)38-33(14-10-9-11-15-33)19-35-47(7,45)46;1-22(2,3)18(19(29)28-13-15-16(23(15,4)5)17(28)20(30)34-6)26-21(31)27-24(11-9-8-10-12-24)14-25-35(7,32)33/h8,20-24,26,35H,1,9-19H2,2-7H3,(H,34,42)(H,36,41)(H2,37,38,44);15-18,25H,8-14H2,1-7H3,(H2,26,27,31)/t21-,22?,23-,24-,26+;15-,16-,17-,18+/m00/s1. The van der Waals surface area contributed by atoms with Gasteiger partial charge in [-0.1, -0.05) is 127 Å². The van der Waals surface area contributed by atoms with E-state index >= 15 is 0 Å². The van der Waals surface area contributed by atoms with E-state index in [1.807, 2.05) is 41.5 Å². The number of sulfonamides is 2. The molecule has 5 saturated carbocycles. The smallest absolute Gasteiger partial charge is 0.328 e. The van der Waals surface area contributed by atoms with Gasteiger partial charge in [0.05, 0.1) is 36.7 Å². The Morgan fingerprint density at radius 1 is 0.634 bits per heavy atom. The van der Waals surface area contributed by atoms with Crippen LogP contribution in [0.5, 0.6) is 0 Å². The fourth-order valence-electron chi connectivity index (χ4n) is 13.4. The van der Waals surface area contributed by atoms with Crippen LogP contribution in [0.1, 0.15) is 153 Å². The number of amides is 8. The van der Waals surface area contributed by atoms with Gasteiger partial charge in [-0.25, -0.2) is 40.7 Å². The van der Waals surface area contributed by atoms with Crippen molar-refractivity contribution in [2.75, 3.05) is 52.3 Å². The van der Waals surface area contributed by atoms with Crippen molar-refractivity contribution in [1.82, 2.24) is 51.1 Å². The molecule has 5 aliphatic carbocycles. The van der Waals surface area contributed by atoms with Crippen LogP contribution >= 0.6 is 0 Å². The van der Waals surface area contributed by atoms with Gasteiger partial charge in [0, 0.05) is 38.6 Å². The largest absolute Gasteiger partial charge is 0.467 e. The minimum Gasteiger partial charge on any atom is -0.467 e. The molecule has 0 radical (unpaired) electrons. The molecule has 8 N–H and O–H groups in total. The van der Waals surface area contributed by atoms with Crippen LogP contribution in [0.4, 0.5) is 9.59 Å². The van der Waals surface area contributed by atoms with Crippen LogP contribution in [0.2, 0.25) is 0 Å². The maximum Gasteiger partial charge on any atom is 0.328 e. The van der Waals surface area contributed by atoms with E-state index in [-0.39, 0.29) is 66.0 Å². The minimum atomic E-state index is -3.49. The number of rotatable bonds is 21. The number of hydrogen-bond donors (Lipinski definition) is 8. The summed E-state index contributed by atoms with van der Waals surface area (Å²) in [5.41, 5.74) is -3.10. The van der Waals surface area contributed by atoms with Gasteiger partial charge in [-0.3, -0.25) is 24.0 Å². The molecule has 464 valence electrons. The summed E-state index contributed by atoms with van der Waals surface area (Å²) in [6, 6.07) is -5.52. The lowest BCUT2D eigenvalue weighted by Gasteiger charge is -2.40. The maximum atomic E-state index is 14.4. The molecule has 0 aromatic heterocycles. The molecular weight excluding hydrogens is 1100 g/mol. The van der Waals surface area contributed by atoms with Crippen LogP contribution in [-0.2, 0) is 53.6 Å². The summed E-state index contributed by atoms with van der Waals surface area (Å²) >= 11 is 0. The topological polar surface area (TPSA) is 317 Å². The number of likely N-dealkylation sites (tertiary alicyclic amines) is 2. The molecule has 2 heterocycles. The van der Waals surface area contributed by atoms with Crippen molar-refractivity contribution in [3.63, 3.8) is 0 Å². The lowest BCUT2D eigenvalue weighted by Crippen LogP contribution is -2.64. The molecule has 2 saturated heterocycles. The number of carbonyl (C=O) groups is 8. The number of methoxy groups -OCH3 is 1. The number of nitrogens with one attached hydrogen (secondary N) is 8. The second-order valence-corrected chi connectivity index (χ2v) is 31.7. The van der Waals surface area contributed by atoms with Crippen molar-refractivity contribution in [2.24, 2.45) is 51.2 Å². The summed E-state index contributed by atoms with van der Waals surface area (Å²) in [4.78, 5) is 110. The van der Waals surface area contributed by atoms with Crippen molar-refractivity contribution < 1.29 is 59.9 Å². The highest BCUT2D eigenvalue weighted by atomic mass is 32.2. The molecule has 0 aromatic rings. The Balaban J connectivity index is 0.000000275. The summed E-state index contributed by atoms with van der Waals surface area (Å²) < 4.78 is 57.3. The fourth-order valence-corrected chi connectivity index (χ4v) is 14.5. The number of hydrogen-bond acceptors (Lipinski definition) is 13. The summed E-state index contributed by atoms with van der Waals surface area (Å²) in [7, 11) is -5.58. The van der Waals surface area contributed by atoms with E-state index < -0.39 is 114 Å². The van der Waals surface area contributed by atoms with E-state index in [1.54, 1.807) is 4.90 Å². The van der Waals surface area contributed by atoms with Crippen molar-refractivity contribution in [2.45, 2.75) is 194 Å². The third-order valence-corrected chi connectivity index (χ3v) is 20.1. The molecule has 2 aliphatic heterocycles. The van der Waals surface area contributed by atoms with Crippen LogP contribution < -0.4 is 41.3 Å². The molecule has 25 heteroatoms. The van der Waals surface area contributed by atoms with Crippen molar-refractivity contribution >= 4 is 67.5 Å². The molecule has 7 aliphatic rings. The number of piperidine rings is 2. The van der Waals surface area contributed by atoms with Gasteiger partial charge in [-0.15, -0.1) is 6.58 Å². The lowest BCUT2D eigenvalue weighted by atomic mass is 9.81. The third kappa shape index (κ3) is 16.1. The highest BCUT2D eigenvalue weighted by molar-refractivity contribution is 7.89. The fraction of sp³-hybridized carbons (Fsp3) is 0.825. The number of urea groups is 2. The first-order chi connectivity index (χ1) is 37.8. The quantitative estimate of drug-likeness (QED) is 0.0466. The van der Waals surface area contributed by atoms with Crippen molar-refractivity contribution in [3.05, 3.63) is 12.7 Å². The van der Waals surface area contributed by atoms with E-state index in [0.29, 0.717) is 45.2 Å². The maximum absolute atomic E-state index is 14.4. The van der Waals surface area contributed by atoms with Gasteiger partial charge in [0.15, 0.2) is 0 Å². The van der Waals surface area contributed by atoms with Gasteiger partial charge < -0.3 is 46.4 Å². The Hall–Kier alpha value is -4.88. The zero-order valence-electron chi connectivity index (χ0n) is 50.8. The summed E-state index contributed by atoms with van der Waals surface area (Å²) in [5.74, 6) is -2.69. The van der Waals surface area contributed by atoms with Gasteiger partial charge in [-0.05, 0) is 77.4 Å². The minimum absolute atomic E-state index is 0.0301. The number of ketones is 1. The molecule has 8 amide bonds. The molecule has 1 unspecified atom stereocenters. The zero-order chi connectivity index (χ0) is 61.3. The van der Waals surface area contributed by atoms with E-state index in [9.17, 15) is 55.2 Å². The molecule has 0 aromatic carbocycles. The molecule has 9 atom stereocenters. The number of Topliss-reactive ketones (excluding diaryl/α,β-unsaturated/α-hetero) is 1. The summed E-state index contributed by atoms with van der Waals surface area (Å²) in [6.45, 7) is 24.0. The molecule has 0 bridgehead atoms. The van der Waals surface area contributed by atoms with Crippen molar-refractivity contribution in [3.8, 4) is 0 Å². The summed E-state index contributed by atoms with van der Waals surface area (Å²) in [6.07, 6.45) is 13.7. The van der Waals surface area contributed by atoms with Crippen LogP contribution in [0, 0.1) is 51.2 Å². The van der Waals surface area contributed by atoms with E-state index in [2.05, 4.69) is 75.6 Å². The van der Waals surface area contributed by atoms with Crippen LogP contribution in [-0.4, -0.2) is 168 Å². The first-order valence-corrected chi connectivity index (χ1v) is 33.1. The number of nitrogens with zero attached hydrogens (tertiary/aromatic N) is 2. The Morgan fingerprint density at radius 2 is 1.04 bits per heavy atom. The monoisotopic (exact) mass is 1190 g/mol. The van der Waals surface area contributed by atoms with Crippen LogP contribution in [0.25, 0.3) is 0 Å². The SMILES string of the molecule is C=CCNC(=O)C(=O)C(CC1CC1)NC(=O)[C@@H]1[C@@H]2[C@H](CN1C(=O)[C@@H](NC(=O)NC1(CNS(C)(=O)=O)CCCCC1)C(C)(C)C)C2(C)C.COC(=O)[C@@H]1[C@@H]2[C@H](CN1C(=O)[C@@H](NC(=O)NC1(CNS(C)(=O)=O)CCCCC1)C(C)(C)C)C2(C)C. The number of esters is 1. The highest BCUT2D eigenvalue weighted by Crippen LogP contribution is 2.66. The highest BCUT2D eigenvalue weighted by Gasteiger charge is 2.71. The molecule has 0 spiro atoms. The van der Waals surface area contributed by atoms with E-state index in [4.69, 9.17) is 4.74 Å². The average Bonchev–Trinajstić information content (AvgIpc) is 2.20. The predicted molar refractivity (Wildman–Crippen MR) is 309 cm³/mol. The normalized spacial score (nSPS) is 26.7. The second kappa shape index (κ2) is 25.0. The predicted octanol–water partition coefficient (Wildman–Crippen LogP) is 3.20. The summed E-state index contributed by atoms with van der Waals surface area (Å²) in [5, 5.41) is 17.1. The Kier molecular flexibility index (Phi) is 20.2. The van der Waals surface area contributed by atoms with Gasteiger partial charge in [0.2, 0.25) is 43.6 Å². The average molecular weight is 1190 g/mol. The van der Waals surface area contributed by atoms with Gasteiger partial charge >= 0.3 is 18.0 Å². The third-order valence-electron chi connectivity index (χ3n) is 18.7. The molecule has 82 heavy (non-hydrogen) atoms. The number of fused-ring (bicyclic) bond motifs is 2. The first kappa shape index (κ1) is 66.3. The van der Waals surface area contributed by atoms with Crippen LogP contribution in [0.15, 0.2) is 12.7 Å². The van der Waals surface area contributed by atoms with Crippen LogP contribution in [0.3, 0.4) is 0 Å². The van der Waals surface area contributed by atoms with Gasteiger partial charge in [0.25, 0.3) is 5.91 Å². The van der Waals surface area contributed by atoms with E-state index in [1.165, 1.54) is 18.1 Å². The number of ether oxygens (including phenoxy) is 1. The van der Waals surface area contributed by atoms with Crippen molar-refractivity contribution in [1.29, 1.82) is 0 Å². The zero-order valence-corrected chi connectivity index (χ0v) is 52.4.